The minimum absolute atomic E-state index is 0.0483. The highest BCUT2D eigenvalue weighted by molar-refractivity contribution is 6.14. The molecule has 0 spiro atoms. The van der Waals surface area contributed by atoms with Gasteiger partial charge in [-0.05, 0) is 35.9 Å². The van der Waals surface area contributed by atoms with Gasteiger partial charge in [-0.25, -0.2) is 0 Å². The number of nitrogens with zero attached hydrogens (tertiary/aromatic N) is 2. The number of ether oxygens (including phenoxy) is 2. The van der Waals surface area contributed by atoms with E-state index in [2.05, 4.69) is 10.2 Å². The summed E-state index contributed by atoms with van der Waals surface area (Å²) in [6, 6.07) is 19.3. The number of H-pyrrole nitrogens is 1. The van der Waals surface area contributed by atoms with Gasteiger partial charge in [0.05, 0.1) is 12.8 Å². The molecule has 1 N–H and O–H groups in total. The van der Waals surface area contributed by atoms with Gasteiger partial charge in [-0.1, -0.05) is 30.3 Å². The van der Waals surface area contributed by atoms with E-state index in [1.165, 1.54) is 0 Å². The third kappa shape index (κ3) is 2.50. The molecular formula is C22H17N3O3. The fraction of sp³-hybridized carbons (Fsp3) is 0.0909. The van der Waals surface area contributed by atoms with Crippen molar-refractivity contribution in [2.45, 2.75) is 6.61 Å². The van der Waals surface area contributed by atoms with E-state index in [0.29, 0.717) is 35.2 Å². The predicted octanol–water partition coefficient (Wildman–Crippen LogP) is 4.00. The summed E-state index contributed by atoms with van der Waals surface area (Å²) < 4.78 is 13.3. The highest BCUT2D eigenvalue weighted by Crippen LogP contribution is 2.38. The van der Waals surface area contributed by atoms with Crippen molar-refractivity contribution in [2.75, 3.05) is 7.11 Å². The van der Waals surface area contributed by atoms with Gasteiger partial charge >= 0.3 is 0 Å². The Labute approximate surface area is 161 Å². The Morgan fingerprint density at radius 1 is 1.04 bits per heavy atom. The molecule has 0 unspecified atom stereocenters. The summed E-state index contributed by atoms with van der Waals surface area (Å²) in [6.07, 6.45) is 1.87. The standard InChI is InChI=1S/C22H17N3O3/c1-27-17-10-9-15(12-18(17)28-13-14-6-3-2-4-7-14)19-21-20(24-23-19)22(26)16-8-5-11-25(16)21/h2-12H,13H2,1H3,(H,23,24). The highest BCUT2D eigenvalue weighted by Gasteiger charge is 2.32. The second-order valence-electron chi connectivity index (χ2n) is 6.53. The molecular weight excluding hydrogens is 354 g/mol. The lowest BCUT2D eigenvalue weighted by Gasteiger charge is -2.12. The van der Waals surface area contributed by atoms with Crippen molar-refractivity contribution >= 4 is 5.78 Å². The molecule has 0 fully saturated rings. The van der Waals surface area contributed by atoms with Gasteiger partial charge in [-0.2, -0.15) is 5.10 Å². The largest absolute Gasteiger partial charge is 0.493 e. The van der Waals surface area contributed by atoms with Crippen LogP contribution in [-0.2, 0) is 6.61 Å². The first kappa shape index (κ1) is 16.4. The first-order valence-electron chi connectivity index (χ1n) is 8.92. The van der Waals surface area contributed by atoms with Gasteiger partial charge in [0.1, 0.15) is 23.7 Å². The van der Waals surface area contributed by atoms with Gasteiger partial charge in [0.2, 0.25) is 5.78 Å². The topological polar surface area (TPSA) is 69.1 Å². The van der Waals surface area contributed by atoms with Crippen LogP contribution in [0.4, 0.5) is 0 Å². The van der Waals surface area contributed by atoms with Crippen LogP contribution in [0.25, 0.3) is 16.9 Å². The Kier molecular flexibility index (Phi) is 3.76. The molecule has 0 radical (unpaired) electrons. The molecule has 0 saturated heterocycles. The van der Waals surface area contributed by atoms with Crippen LogP contribution >= 0.6 is 0 Å². The number of fused-ring (bicyclic) bond motifs is 3. The minimum atomic E-state index is -0.0483. The van der Waals surface area contributed by atoms with E-state index < -0.39 is 0 Å². The van der Waals surface area contributed by atoms with Crippen molar-refractivity contribution < 1.29 is 14.3 Å². The number of carbonyl (C=O) groups is 1. The lowest BCUT2D eigenvalue weighted by molar-refractivity contribution is 0.103. The first-order chi connectivity index (χ1) is 13.8. The number of aromatic nitrogens is 3. The summed E-state index contributed by atoms with van der Waals surface area (Å²) in [5.41, 5.74) is 4.52. The Morgan fingerprint density at radius 2 is 1.89 bits per heavy atom. The van der Waals surface area contributed by atoms with E-state index in [-0.39, 0.29) is 5.78 Å². The number of methoxy groups -OCH3 is 1. The van der Waals surface area contributed by atoms with Crippen LogP contribution in [0.5, 0.6) is 11.5 Å². The molecule has 28 heavy (non-hydrogen) atoms. The van der Waals surface area contributed by atoms with E-state index >= 15 is 0 Å². The number of hydrogen-bond acceptors (Lipinski definition) is 4. The molecule has 2 aromatic carbocycles. The number of carbonyl (C=O) groups excluding carboxylic acids is 1. The second kappa shape index (κ2) is 6.42. The molecule has 1 aliphatic heterocycles. The minimum Gasteiger partial charge on any atom is -0.493 e. The highest BCUT2D eigenvalue weighted by atomic mass is 16.5. The maximum absolute atomic E-state index is 12.5. The van der Waals surface area contributed by atoms with E-state index in [1.807, 2.05) is 71.4 Å². The quantitative estimate of drug-likeness (QED) is 0.507. The predicted molar refractivity (Wildman–Crippen MR) is 104 cm³/mol. The van der Waals surface area contributed by atoms with Crippen LogP contribution in [0.3, 0.4) is 0 Å². The number of rotatable bonds is 5. The third-order valence-corrected chi connectivity index (χ3v) is 4.86. The summed E-state index contributed by atoms with van der Waals surface area (Å²) in [5.74, 6) is 1.22. The zero-order valence-electron chi connectivity index (χ0n) is 15.2. The molecule has 2 aromatic heterocycles. The summed E-state index contributed by atoms with van der Waals surface area (Å²) in [7, 11) is 1.61. The van der Waals surface area contributed by atoms with Crippen LogP contribution in [-0.4, -0.2) is 27.7 Å². The van der Waals surface area contributed by atoms with Crippen LogP contribution in [0.2, 0.25) is 0 Å². The lowest BCUT2D eigenvalue weighted by Crippen LogP contribution is -1.99. The van der Waals surface area contributed by atoms with Crippen LogP contribution in [0.1, 0.15) is 21.7 Å². The Morgan fingerprint density at radius 3 is 2.71 bits per heavy atom. The van der Waals surface area contributed by atoms with Gasteiger partial charge in [0.15, 0.2) is 11.5 Å². The molecule has 0 amide bonds. The molecule has 0 bridgehead atoms. The number of hydrogen-bond donors (Lipinski definition) is 1. The number of benzene rings is 2. The van der Waals surface area contributed by atoms with Crippen molar-refractivity contribution in [1.29, 1.82) is 0 Å². The van der Waals surface area contributed by atoms with Gasteiger partial charge in [0, 0.05) is 11.8 Å². The van der Waals surface area contributed by atoms with E-state index in [1.54, 1.807) is 7.11 Å². The lowest BCUT2D eigenvalue weighted by atomic mass is 10.1. The Hall–Kier alpha value is -3.80. The average Bonchev–Trinajstić information content (AvgIpc) is 3.43. The maximum Gasteiger partial charge on any atom is 0.229 e. The molecule has 3 heterocycles. The Balaban J connectivity index is 1.53. The van der Waals surface area contributed by atoms with Gasteiger partial charge in [-0.3, -0.25) is 9.89 Å². The fourth-order valence-electron chi connectivity index (χ4n) is 3.49. The van der Waals surface area contributed by atoms with E-state index in [0.717, 1.165) is 16.8 Å². The molecule has 6 nitrogen and oxygen atoms in total. The second-order valence-corrected chi connectivity index (χ2v) is 6.53. The summed E-state index contributed by atoms with van der Waals surface area (Å²) in [4.78, 5) is 12.5. The van der Waals surface area contributed by atoms with E-state index in [9.17, 15) is 4.79 Å². The first-order valence-corrected chi connectivity index (χ1v) is 8.92. The van der Waals surface area contributed by atoms with Crippen molar-refractivity contribution in [3.63, 3.8) is 0 Å². The van der Waals surface area contributed by atoms with Crippen LogP contribution in [0.15, 0.2) is 66.9 Å². The molecule has 0 aliphatic carbocycles. The zero-order chi connectivity index (χ0) is 19.1. The number of aromatic amines is 1. The van der Waals surface area contributed by atoms with Crippen LogP contribution in [0, 0.1) is 0 Å². The molecule has 6 heteroatoms. The van der Waals surface area contributed by atoms with Crippen molar-refractivity contribution in [3.8, 4) is 28.4 Å². The third-order valence-electron chi connectivity index (χ3n) is 4.86. The number of ketones is 1. The molecule has 0 atom stereocenters. The summed E-state index contributed by atoms with van der Waals surface area (Å²) in [5, 5.41) is 7.27. The fourth-order valence-corrected chi connectivity index (χ4v) is 3.49. The molecule has 5 rings (SSSR count). The molecule has 0 saturated carbocycles. The van der Waals surface area contributed by atoms with Gasteiger partial charge < -0.3 is 14.0 Å². The van der Waals surface area contributed by atoms with Crippen LogP contribution < -0.4 is 9.47 Å². The van der Waals surface area contributed by atoms with Gasteiger partial charge in [-0.15, -0.1) is 0 Å². The Bertz CT molecular complexity index is 1170. The summed E-state index contributed by atoms with van der Waals surface area (Å²) >= 11 is 0. The average molecular weight is 371 g/mol. The summed E-state index contributed by atoms with van der Waals surface area (Å²) in [6.45, 7) is 0.430. The smallest absolute Gasteiger partial charge is 0.229 e. The van der Waals surface area contributed by atoms with Crippen molar-refractivity contribution in [1.82, 2.24) is 14.8 Å². The number of nitrogens with one attached hydrogen (secondary N) is 1. The SMILES string of the molecule is COc1ccc(-c2n[nH]c3c2-n2cccc2C3=O)cc1OCc1ccccc1. The van der Waals surface area contributed by atoms with Gasteiger partial charge in [0.25, 0.3) is 0 Å². The molecule has 1 aliphatic rings. The maximum atomic E-state index is 12.5. The normalized spacial score (nSPS) is 12.0. The van der Waals surface area contributed by atoms with Crippen molar-refractivity contribution in [3.05, 3.63) is 83.8 Å². The molecule has 4 aromatic rings. The molecule has 138 valence electrons. The van der Waals surface area contributed by atoms with E-state index in [4.69, 9.17) is 9.47 Å². The zero-order valence-corrected chi connectivity index (χ0v) is 15.2. The van der Waals surface area contributed by atoms with Crippen molar-refractivity contribution in [2.24, 2.45) is 0 Å². The monoisotopic (exact) mass is 371 g/mol.